The van der Waals surface area contributed by atoms with Crippen molar-refractivity contribution in [2.24, 2.45) is 11.3 Å². The van der Waals surface area contributed by atoms with Crippen molar-refractivity contribution in [2.45, 2.75) is 39.5 Å². The highest BCUT2D eigenvalue weighted by molar-refractivity contribution is 4.82. The van der Waals surface area contributed by atoms with Gasteiger partial charge in [0.05, 0.1) is 0 Å². The van der Waals surface area contributed by atoms with Crippen molar-refractivity contribution in [2.75, 3.05) is 32.7 Å². The minimum Gasteiger partial charge on any atom is -0.316 e. The standard InChI is InChI=1S/C13H26N2/c1-13(2)6-9-15(11-13)8-3-4-12-5-7-14-10-12/h12,14H,3-11H2,1-2H3. The molecule has 0 radical (unpaired) electrons. The molecule has 1 N–H and O–H groups in total. The van der Waals surface area contributed by atoms with Gasteiger partial charge in [0.2, 0.25) is 0 Å². The van der Waals surface area contributed by atoms with E-state index in [0.29, 0.717) is 5.41 Å². The van der Waals surface area contributed by atoms with E-state index in [-0.39, 0.29) is 0 Å². The van der Waals surface area contributed by atoms with Crippen LogP contribution in [0, 0.1) is 11.3 Å². The van der Waals surface area contributed by atoms with Crippen LogP contribution in [0.5, 0.6) is 0 Å². The molecular weight excluding hydrogens is 184 g/mol. The minimum absolute atomic E-state index is 0.578. The maximum atomic E-state index is 3.45. The van der Waals surface area contributed by atoms with Crippen molar-refractivity contribution >= 4 is 0 Å². The first-order valence-electron chi connectivity index (χ1n) is 6.59. The molecule has 1 atom stereocenters. The number of likely N-dealkylation sites (tertiary alicyclic amines) is 1. The van der Waals surface area contributed by atoms with Crippen LogP contribution in [0.25, 0.3) is 0 Å². The van der Waals surface area contributed by atoms with Gasteiger partial charge in [0.25, 0.3) is 0 Å². The minimum atomic E-state index is 0.578. The molecule has 2 aliphatic heterocycles. The number of hydrogen-bond donors (Lipinski definition) is 1. The maximum absolute atomic E-state index is 3.45. The van der Waals surface area contributed by atoms with E-state index in [4.69, 9.17) is 0 Å². The molecule has 2 aliphatic rings. The molecule has 2 heteroatoms. The molecule has 1 unspecified atom stereocenters. The van der Waals surface area contributed by atoms with Gasteiger partial charge in [-0.2, -0.15) is 0 Å². The van der Waals surface area contributed by atoms with Crippen LogP contribution in [-0.4, -0.2) is 37.6 Å². The first-order valence-corrected chi connectivity index (χ1v) is 6.59. The van der Waals surface area contributed by atoms with Gasteiger partial charge in [-0.05, 0) is 63.2 Å². The van der Waals surface area contributed by atoms with Crippen LogP contribution in [0.2, 0.25) is 0 Å². The highest BCUT2D eigenvalue weighted by Gasteiger charge is 2.28. The van der Waals surface area contributed by atoms with Crippen LogP contribution >= 0.6 is 0 Å². The largest absolute Gasteiger partial charge is 0.316 e. The SMILES string of the molecule is CC1(C)CCN(CCCC2CCNC2)C1. The molecule has 2 rings (SSSR count). The average Bonchev–Trinajstić information content (AvgIpc) is 2.76. The summed E-state index contributed by atoms with van der Waals surface area (Å²) < 4.78 is 0. The zero-order chi connectivity index (χ0) is 10.7. The summed E-state index contributed by atoms with van der Waals surface area (Å²) >= 11 is 0. The molecule has 2 fully saturated rings. The first kappa shape index (κ1) is 11.4. The lowest BCUT2D eigenvalue weighted by atomic mass is 9.93. The molecule has 88 valence electrons. The van der Waals surface area contributed by atoms with Gasteiger partial charge in [-0.15, -0.1) is 0 Å². The van der Waals surface area contributed by atoms with Gasteiger partial charge in [0, 0.05) is 6.54 Å². The van der Waals surface area contributed by atoms with Crippen molar-refractivity contribution in [1.29, 1.82) is 0 Å². The summed E-state index contributed by atoms with van der Waals surface area (Å²) in [6, 6.07) is 0. The van der Waals surface area contributed by atoms with E-state index >= 15 is 0 Å². The summed E-state index contributed by atoms with van der Waals surface area (Å²) in [6.45, 7) is 11.3. The number of hydrogen-bond acceptors (Lipinski definition) is 2. The third kappa shape index (κ3) is 3.46. The fourth-order valence-electron chi connectivity index (χ4n) is 2.98. The lowest BCUT2D eigenvalue weighted by Crippen LogP contribution is -2.24. The van der Waals surface area contributed by atoms with Gasteiger partial charge in [0.15, 0.2) is 0 Å². The van der Waals surface area contributed by atoms with E-state index in [0.717, 1.165) is 5.92 Å². The molecule has 2 nitrogen and oxygen atoms in total. The predicted molar refractivity (Wildman–Crippen MR) is 65.0 cm³/mol. The molecular formula is C13H26N2. The molecule has 0 bridgehead atoms. The van der Waals surface area contributed by atoms with E-state index in [1.807, 2.05) is 0 Å². The van der Waals surface area contributed by atoms with Crippen molar-refractivity contribution in [3.63, 3.8) is 0 Å². The number of nitrogens with one attached hydrogen (secondary N) is 1. The van der Waals surface area contributed by atoms with Crippen molar-refractivity contribution in [1.82, 2.24) is 10.2 Å². The molecule has 0 spiro atoms. The van der Waals surface area contributed by atoms with Gasteiger partial charge in [-0.1, -0.05) is 13.8 Å². The number of nitrogens with zero attached hydrogens (tertiary/aromatic N) is 1. The lowest BCUT2D eigenvalue weighted by Gasteiger charge is -2.20. The smallest absolute Gasteiger partial charge is 0.00332 e. The van der Waals surface area contributed by atoms with Crippen molar-refractivity contribution in [3.8, 4) is 0 Å². The fourth-order valence-corrected chi connectivity index (χ4v) is 2.98. The summed E-state index contributed by atoms with van der Waals surface area (Å²) in [6.07, 6.45) is 5.63. The second-order valence-electron chi connectivity index (χ2n) is 6.19. The van der Waals surface area contributed by atoms with E-state index in [1.54, 1.807) is 0 Å². The van der Waals surface area contributed by atoms with Crippen LogP contribution in [-0.2, 0) is 0 Å². The molecule has 15 heavy (non-hydrogen) atoms. The third-order valence-corrected chi connectivity index (χ3v) is 4.01. The van der Waals surface area contributed by atoms with Crippen molar-refractivity contribution < 1.29 is 0 Å². The Hall–Kier alpha value is -0.0800. The summed E-state index contributed by atoms with van der Waals surface area (Å²) in [4.78, 5) is 2.66. The van der Waals surface area contributed by atoms with Gasteiger partial charge < -0.3 is 10.2 Å². The monoisotopic (exact) mass is 210 g/mol. The summed E-state index contributed by atoms with van der Waals surface area (Å²) in [5.74, 6) is 0.973. The average molecular weight is 210 g/mol. The Morgan fingerprint density at radius 3 is 2.87 bits per heavy atom. The topological polar surface area (TPSA) is 15.3 Å². The van der Waals surface area contributed by atoms with Crippen LogP contribution in [0.4, 0.5) is 0 Å². The molecule has 0 aliphatic carbocycles. The number of rotatable bonds is 4. The van der Waals surface area contributed by atoms with E-state index in [1.165, 1.54) is 58.4 Å². The van der Waals surface area contributed by atoms with Gasteiger partial charge in [0.1, 0.15) is 0 Å². The molecule has 2 heterocycles. The Kier molecular flexibility index (Phi) is 3.68. The molecule has 0 aromatic heterocycles. The Bertz CT molecular complexity index is 195. The summed E-state index contributed by atoms with van der Waals surface area (Å²) in [5, 5.41) is 3.45. The van der Waals surface area contributed by atoms with E-state index < -0.39 is 0 Å². The van der Waals surface area contributed by atoms with Gasteiger partial charge >= 0.3 is 0 Å². The highest BCUT2D eigenvalue weighted by Crippen LogP contribution is 2.29. The maximum Gasteiger partial charge on any atom is 0.00332 e. The van der Waals surface area contributed by atoms with E-state index in [2.05, 4.69) is 24.1 Å². The molecule has 0 saturated carbocycles. The quantitative estimate of drug-likeness (QED) is 0.764. The Morgan fingerprint density at radius 1 is 1.40 bits per heavy atom. The second kappa shape index (κ2) is 4.84. The zero-order valence-corrected chi connectivity index (χ0v) is 10.4. The Balaban J connectivity index is 1.58. The van der Waals surface area contributed by atoms with Gasteiger partial charge in [-0.25, -0.2) is 0 Å². The normalized spacial score (nSPS) is 31.2. The first-order chi connectivity index (χ1) is 7.16. The van der Waals surface area contributed by atoms with Crippen molar-refractivity contribution in [3.05, 3.63) is 0 Å². The van der Waals surface area contributed by atoms with E-state index in [9.17, 15) is 0 Å². The molecule has 0 aromatic carbocycles. The fraction of sp³-hybridized carbons (Fsp3) is 1.00. The molecule has 2 saturated heterocycles. The van der Waals surface area contributed by atoms with Gasteiger partial charge in [-0.3, -0.25) is 0 Å². The second-order valence-corrected chi connectivity index (χ2v) is 6.19. The highest BCUT2D eigenvalue weighted by atomic mass is 15.1. The Morgan fingerprint density at radius 2 is 2.27 bits per heavy atom. The molecule has 0 amide bonds. The summed E-state index contributed by atoms with van der Waals surface area (Å²) in [5.41, 5.74) is 0.578. The van der Waals surface area contributed by atoms with Crippen LogP contribution in [0.3, 0.4) is 0 Å². The van der Waals surface area contributed by atoms with Crippen LogP contribution < -0.4 is 5.32 Å². The van der Waals surface area contributed by atoms with Crippen LogP contribution in [0.15, 0.2) is 0 Å². The van der Waals surface area contributed by atoms with Crippen LogP contribution in [0.1, 0.15) is 39.5 Å². The zero-order valence-electron chi connectivity index (χ0n) is 10.4. The lowest BCUT2D eigenvalue weighted by molar-refractivity contribution is 0.279. The third-order valence-electron chi connectivity index (χ3n) is 4.01. The molecule has 0 aromatic rings. The Labute approximate surface area is 94.4 Å². The summed E-state index contributed by atoms with van der Waals surface area (Å²) in [7, 11) is 0. The predicted octanol–water partition coefficient (Wildman–Crippen LogP) is 2.11.